The van der Waals surface area contributed by atoms with Crippen LogP contribution in [-0.2, 0) is 6.54 Å². The van der Waals surface area contributed by atoms with Crippen LogP contribution in [0.1, 0.15) is 20.3 Å². The van der Waals surface area contributed by atoms with Gasteiger partial charge in [-0.05, 0) is 44.2 Å². The van der Waals surface area contributed by atoms with Crippen molar-refractivity contribution in [2.45, 2.75) is 37.1 Å². The smallest absolute Gasteiger partial charge is 0.178 e. The van der Waals surface area contributed by atoms with Crippen molar-refractivity contribution in [3.05, 3.63) is 48.4 Å². The number of nitrogens with zero attached hydrogens (tertiary/aromatic N) is 5. The molecule has 0 spiro atoms. The predicted molar refractivity (Wildman–Crippen MR) is 99.6 cm³/mol. The number of nitrogens with one attached hydrogen (secondary N) is 1. The third-order valence-corrected chi connectivity index (χ3v) is 4.72. The molecule has 0 fully saturated rings. The van der Waals surface area contributed by atoms with Crippen LogP contribution in [0.2, 0.25) is 0 Å². The maximum atomic E-state index is 4.70. The van der Waals surface area contributed by atoms with E-state index in [0.29, 0.717) is 0 Å². The number of rotatable bonds is 5. The molecule has 25 heavy (non-hydrogen) atoms. The summed E-state index contributed by atoms with van der Waals surface area (Å²) in [6, 6.07) is 8.01. The normalized spacial score (nSPS) is 11.3. The van der Waals surface area contributed by atoms with Crippen LogP contribution in [0.15, 0.2) is 58.8 Å². The largest absolute Gasteiger partial charge is 0.333 e. The van der Waals surface area contributed by atoms with Gasteiger partial charge in [0.2, 0.25) is 0 Å². The van der Waals surface area contributed by atoms with Crippen LogP contribution in [-0.4, -0.2) is 29.5 Å². The number of hydrogen-bond donors (Lipinski definition) is 1. The van der Waals surface area contributed by atoms with Crippen molar-refractivity contribution in [3.8, 4) is 0 Å². The lowest BCUT2D eigenvalue weighted by Crippen LogP contribution is -2.00. The summed E-state index contributed by atoms with van der Waals surface area (Å²) in [6.07, 6.45) is 6.48. The van der Waals surface area contributed by atoms with Crippen molar-refractivity contribution in [2.24, 2.45) is 0 Å². The highest BCUT2D eigenvalue weighted by Crippen LogP contribution is 2.29. The molecule has 3 heterocycles. The third-order valence-electron chi connectivity index (χ3n) is 3.84. The minimum Gasteiger partial charge on any atom is -0.333 e. The second-order valence-electron chi connectivity index (χ2n) is 6.01. The summed E-state index contributed by atoms with van der Waals surface area (Å²) >= 11 is 1.52. The number of aromatic nitrogens is 6. The zero-order chi connectivity index (χ0) is 17.2. The van der Waals surface area contributed by atoms with Crippen LogP contribution >= 0.6 is 11.8 Å². The first-order chi connectivity index (χ1) is 12.2. The number of allylic oxidation sites excluding steroid dienone is 2. The van der Waals surface area contributed by atoms with Crippen LogP contribution in [0.25, 0.3) is 22.2 Å². The number of para-hydroxylation sites is 2. The monoisotopic (exact) mass is 350 g/mol. The van der Waals surface area contributed by atoms with Gasteiger partial charge in [-0.1, -0.05) is 23.8 Å². The molecule has 0 unspecified atom stereocenters. The van der Waals surface area contributed by atoms with E-state index in [4.69, 9.17) is 4.98 Å². The van der Waals surface area contributed by atoms with Gasteiger partial charge in [-0.3, -0.25) is 0 Å². The van der Waals surface area contributed by atoms with Gasteiger partial charge < -0.3 is 9.55 Å². The topological polar surface area (TPSA) is 72.3 Å². The van der Waals surface area contributed by atoms with Gasteiger partial charge >= 0.3 is 0 Å². The number of imidazole rings is 2. The first kappa shape index (κ1) is 15.8. The molecule has 1 N–H and O–H groups in total. The Morgan fingerprint density at radius 3 is 2.92 bits per heavy atom. The van der Waals surface area contributed by atoms with Gasteiger partial charge in [-0.2, -0.15) is 0 Å². The number of aromatic amines is 1. The molecule has 4 rings (SSSR count). The summed E-state index contributed by atoms with van der Waals surface area (Å²) in [5.41, 5.74) is 4.95. The van der Waals surface area contributed by atoms with Crippen LogP contribution in [0, 0.1) is 0 Å². The zero-order valence-electron chi connectivity index (χ0n) is 14.1. The Kier molecular flexibility index (Phi) is 4.23. The molecule has 4 aromatic rings. The van der Waals surface area contributed by atoms with Crippen LogP contribution < -0.4 is 0 Å². The zero-order valence-corrected chi connectivity index (χ0v) is 14.9. The molecule has 1 aromatic carbocycles. The van der Waals surface area contributed by atoms with Crippen molar-refractivity contribution in [1.82, 2.24) is 29.5 Å². The average Bonchev–Trinajstić information content (AvgIpc) is 3.16. The van der Waals surface area contributed by atoms with Gasteiger partial charge in [0.05, 0.1) is 17.2 Å². The quantitative estimate of drug-likeness (QED) is 0.546. The number of hydrogen-bond acceptors (Lipinski definition) is 5. The van der Waals surface area contributed by atoms with E-state index in [1.807, 2.05) is 24.3 Å². The third kappa shape index (κ3) is 3.28. The second-order valence-corrected chi connectivity index (χ2v) is 6.96. The van der Waals surface area contributed by atoms with Crippen molar-refractivity contribution >= 4 is 34.0 Å². The van der Waals surface area contributed by atoms with Gasteiger partial charge in [-0.15, -0.1) is 0 Å². The molecular weight excluding hydrogens is 332 g/mol. The van der Waals surface area contributed by atoms with Crippen molar-refractivity contribution in [1.29, 1.82) is 0 Å². The Hall–Kier alpha value is -2.67. The van der Waals surface area contributed by atoms with E-state index >= 15 is 0 Å². The lowest BCUT2D eigenvalue weighted by Gasteiger charge is -2.05. The highest BCUT2D eigenvalue weighted by molar-refractivity contribution is 7.99. The fraction of sp³-hybridized carbons (Fsp3) is 0.222. The Bertz CT molecular complexity index is 1020. The molecule has 0 aliphatic rings. The van der Waals surface area contributed by atoms with Gasteiger partial charge in [0.15, 0.2) is 16.0 Å². The maximum Gasteiger partial charge on any atom is 0.178 e. The SMILES string of the molecule is CC(C)=CCCn1c(Sc2nc3ccccc3[nH]2)nc2cncnc21. The van der Waals surface area contributed by atoms with E-state index in [-0.39, 0.29) is 0 Å². The molecule has 0 radical (unpaired) electrons. The second kappa shape index (κ2) is 6.68. The molecule has 3 aromatic heterocycles. The Morgan fingerprint density at radius 1 is 1.20 bits per heavy atom. The number of fused-ring (bicyclic) bond motifs is 2. The van der Waals surface area contributed by atoms with Gasteiger partial charge in [0, 0.05) is 6.54 Å². The summed E-state index contributed by atoms with van der Waals surface area (Å²) in [5.74, 6) is 0. The molecular formula is C18H18N6S. The molecule has 0 aliphatic carbocycles. The number of H-pyrrole nitrogens is 1. The first-order valence-corrected chi connectivity index (χ1v) is 8.94. The molecule has 0 saturated carbocycles. The summed E-state index contributed by atoms with van der Waals surface area (Å²) in [7, 11) is 0. The van der Waals surface area contributed by atoms with Crippen molar-refractivity contribution < 1.29 is 0 Å². The van der Waals surface area contributed by atoms with E-state index < -0.39 is 0 Å². The fourth-order valence-electron chi connectivity index (χ4n) is 2.68. The van der Waals surface area contributed by atoms with Crippen molar-refractivity contribution in [3.63, 3.8) is 0 Å². The molecule has 0 bridgehead atoms. The minimum atomic E-state index is 0.804. The minimum absolute atomic E-state index is 0.804. The van der Waals surface area contributed by atoms with E-state index in [2.05, 4.69) is 44.4 Å². The highest BCUT2D eigenvalue weighted by Gasteiger charge is 2.14. The first-order valence-electron chi connectivity index (χ1n) is 8.13. The predicted octanol–water partition coefficient (Wildman–Crippen LogP) is 4.21. The molecule has 7 heteroatoms. The Balaban J connectivity index is 1.71. The number of benzene rings is 1. The molecule has 126 valence electrons. The van der Waals surface area contributed by atoms with Gasteiger partial charge in [0.1, 0.15) is 11.8 Å². The summed E-state index contributed by atoms with van der Waals surface area (Å²) in [4.78, 5) is 21.2. The van der Waals surface area contributed by atoms with E-state index in [1.54, 1.807) is 12.5 Å². The summed E-state index contributed by atoms with van der Waals surface area (Å²) in [6.45, 7) is 5.04. The summed E-state index contributed by atoms with van der Waals surface area (Å²) in [5, 5.41) is 1.70. The summed E-state index contributed by atoms with van der Waals surface area (Å²) < 4.78 is 2.13. The molecule has 0 saturated heterocycles. The highest BCUT2D eigenvalue weighted by atomic mass is 32.2. The fourth-order valence-corrected chi connectivity index (χ4v) is 3.59. The lowest BCUT2D eigenvalue weighted by molar-refractivity contribution is 0.654. The molecule has 6 nitrogen and oxygen atoms in total. The van der Waals surface area contributed by atoms with Gasteiger partial charge in [-0.25, -0.2) is 19.9 Å². The maximum absolute atomic E-state index is 4.70. The lowest BCUT2D eigenvalue weighted by atomic mass is 10.3. The number of aryl methyl sites for hydroxylation is 1. The van der Waals surface area contributed by atoms with Crippen LogP contribution in [0.4, 0.5) is 0 Å². The molecule has 0 amide bonds. The van der Waals surface area contributed by atoms with E-state index in [1.165, 1.54) is 17.3 Å². The Morgan fingerprint density at radius 2 is 2.08 bits per heavy atom. The molecule has 0 atom stereocenters. The Labute approximate surface area is 149 Å². The van der Waals surface area contributed by atoms with Gasteiger partial charge in [0.25, 0.3) is 0 Å². The average molecular weight is 350 g/mol. The van der Waals surface area contributed by atoms with Crippen LogP contribution in [0.5, 0.6) is 0 Å². The van der Waals surface area contributed by atoms with Crippen molar-refractivity contribution in [2.75, 3.05) is 0 Å². The van der Waals surface area contributed by atoms with E-state index in [9.17, 15) is 0 Å². The molecule has 0 aliphatic heterocycles. The van der Waals surface area contributed by atoms with E-state index in [0.717, 1.165) is 45.5 Å². The van der Waals surface area contributed by atoms with Crippen LogP contribution in [0.3, 0.4) is 0 Å². The standard InChI is InChI=1S/C18H18N6S/c1-12(2)6-5-9-24-16-15(10-19-11-20-16)23-18(24)25-17-21-13-7-3-4-8-14(13)22-17/h3-4,6-8,10-11H,5,9H2,1-2H3,(H,21,22).